The van der Waals surface area contributed by atoms with Crippen molar-refractivity contribution in [2.75, 3.05) is 0 Å². The first kappa shape index (κ1) is 10.4. The number of hydrogen-bond acceptors (Lipinski definition) is 1. The topological polar surface area (TPSA) is 17.1 Å². The molecule has 0 aliphatic heterocycles. The summed E-state index contributed by atoms with van der Waals surface area (Å²) in [4.78, 5) is 11.7. The zero-order valence-corrected chi connectivity index (χ0v) is 9.55. The molecule has 0 atom stereocenters. The SMILES string of the molecule is Cc1cccc(CC(=O)CC2CC2)c1C. The number of carbonyl (C=O) groups excluding carboxylic acids is 1. The molecular formula is C14H18O. The molecule has 0 unspecified atom stereocenters. The number of carbonyl (C=O) groups is 1. The van der Waals surface area contributed by atoms with E-state index in [4.69, 9.17) is 0 Å². The second-order valence-corrected chi connectivity index (χ2v) is 4.72. The highest BCUT2D eigenvalue weighted by molar-refractivity contribution is 5.81. The Kier molecular flexibility index (Phi) is 2.90. The van der Waals surface area contributed by atoms with Crippen molar-refractivity contribution in [3.8, 4) is 0 Å². The molecule has 15 heavy (non-hydrogen) atoms. The van der Waals surface area contributed by atoms with E-state index in [0.29, 0.717) is 18.1 Å². The third kappa shape index (κ3) is 2.68. The maximum atomic E-state index is 11.7. The largest absolute Gasteiger partial charge is 0.299 e. The molecule has 0 saturated heterocycles. The van der Waals surface area contributed by atoms with E-state index in [1.165, 1.54) is 29.5 Å². The van der Waals surface area contributed by atoms with Crippen LogP contribution in [0.3, 0.4) is 0 Å². The average molecular weight is 202 g/mol. The lowest BCUT2D eigenvalue weighted by Crippen LogP contribution is -2.05. The summed E-state index contributed by atoms with van der Waals surface area (Å²) in [6.07, 6.45) is 3.95. The van der Waals surface area contributed by atoms with Crippen LogP contribution in [-0.4, -0.2) is 5.78 Å². The third-order valence-electron chi connectivity index (χ3n) is 3.32. The summed E-state index contributed by atoms with van der Waals surface area (Å²) in [5.41, 5.74) is 3.77. The minimum Gasteiger partial charge on any atom is -0.299 e. The van der Waals surface area contributed by atoms with Gasteiger partial charge in [0.1, 0.15) is 5.78 Å². The summed E-state index contributed by atoms with van der Waals surface area (Å²) in [5, 5.41) is 0. The van der Waals surface area contributed by atoms with Crippen molar-refractivity contribution in [3.05, 3.63) is 34.9 Å². The van der Waals surface area contributed by atoms with Gasteiger partial charge in [-0.1, -0.05) is 18.2 Å². The van der Waals surface area contributed by atoms with E-state index in [9.17, 15) is 4.79 Å². The number of aryl methyl sites for hydroxylation is 1. The maximum Gasteiger partial charge on any atom is 0.137 e. The quantitative estimate of drug-likeness (QED) is 0.732. The van der Waals surface area contributed by atoms with E-state index in [-0.39, 0.29) is 0 Å². The molecule has 0 spiro atoms. The molecule has 2 rings (SSSR count). The average Bonchev–Trinajstić information content (AvgIpc) is 2.97. The fraction of sp³-hybridized carbons (Fsp3) is 0.500. The Hall–Kier alpha value is -1.11. The van der Waals surface area contributed by atoms with Gasteiger partial charge in [-0.3, -0.25) is 4.79 Å². The standard InChI is InChI=1S/C14H18O/c1-10-4-3-5-13(11(10)2)9-14(15)8-12-6-7-12/h3-5,12H,6-9H2,1-2H3. The fourth-order valence-corrected chi connectivity index (χ4v) is 1.93. The van der Waals surface area contributed by atoms with Gasteiger partial charge in [0.15, 0.2) is 0 Å². The van der Waals surface area contributed by atoms with Crippen molar-refractivity contribution in [2.24, 2.45) is 5.92 Å². The highest BCUT2D eigenvalue weighted by Crippen LogP contribution is 2.33. The van der Waals surface area contributed by atoms with Crippen molar-refractivity contribution in [2.45, 2.75) is 39.5 Å². The van der Waals surface area contributed by atoms with Gasteiger partial charge in [0.05, 0.1) is 0 Å². The molecule has 0 amide bonds. The highest BCUT2D eigenvalue weighted by atomic mass is 16.1. The van der Waals surface area contributed by atoms with Gasteiger partial charge in [0.25, 0.3) is 0 Å². The predicted octanol–water partition coefficient (Wildman–Crippen LogP) is 3.22. The molecule has 0 bridgehead atoms. The van der Waals surface area contributed by atoms with Gasteiger partial charge in [-0.05, 0) is 49.3 Å². The summed E-state index contributed by atoms with van der Waals surface area (Å²) in [6.45, 7) is 4.21. The van der Waals surface area contributed by atoms with Gasteiger partial charge >= 0.3 is 0 Å². The van der Waals surface area contributed by atoms with Gasteiger partial charge in [0, 0.05) is 12.8 Å². The Labute approximate surface area is 91.5 Å². The molecule has 1 saturated carbocycles. The molecule has 80 valence electrons. The molecule has 1 nitrogen and oxygen atoms in total. The summed E-state index contributed by atoms with van der Waals surface area (Å²) in [5.74, 6) is 1.12. The molecule has 0 radical (unpaired) electrons. The maximum absolute atomic E-state index is 11.7. The molecule has 1 aliphatic rings. The van der Waals surface area contributed by atoms with Gasteiger partial charge in [-0.25, -0.2) is 0 Å². The van der Waals surface area contributed by atoms with Crippen molar-refractivity contribution in [3.63, 3.8) is 0 Å². The van der Waals surface area contributed by atoms with Crippen LogP contribution in [0.2, 0.25) is 0 Å². The van der Waals surface area contributed by atoms with Crippen molar-refractivity contribution >= 4 is 5.78 Å². The molecule has 1 heteroatoms. The molecule has 1 fully saturated rings. The van der Waals surface area contributed by atoms with Crippen LogP contribution in [-0.2, 0) is 11.2 Å². The van der Waals surface area contributed by atoms with Crippen LogP contribution < -0.4 is 0 Å². The smallest absolute Gasteiger partial charge is 0.137 e. The summed E-state index contributed by atoms with van der Waals surface area (Å²) < 4.78 is 0. The molecule has 0 heterocycles. The van der Waals surface area contributed by atoms with Crippen molar-refractivity contribution in [1.29, 1.82) is 0 Å². The highest BCUT2D eigenvalue weighted by Gasteiger charge is 2.24. The molecular weight excluding hydrogens is 184 g/mol. The number of Topliss-reactive ketones (excluding diaryl/α,β-unsaturated/α-hetero) is 1. The molecule has 1 aromatic rings. The monoisotopic (exact) mass is 202 g/mol. The number of hydrogen-bond donors (Lipinski definition) is 0. The summed E-state index contributed by atoms with van der Waals surface area (Å²) in [7, 11) is 0. The Morgan fingerprint density at radius 1 is 1.33 bits per heavy atom. The first-order valence-electron chi connectivity index (χ1n) is 5.73. The molecule has 0 N–H and O–H groups in total. The van der Waals surface area contributed by atoms with Gasteiger partial charge in [0.2, 0.25) is 0 Å². The van der Waals surface area contributed by atoms with E-state index < -0.39 is 0 Å². The van der Waals surface area contributed by atoms with Crippen molar-refractivity contribution in [1.82, 2.24) is 0 Å². The van der Waals surface area contributed by atoms with Crippen LogP contribution >= 0.6 is 0 Å². The second kappa shape index (κ2) is 4.18. The number of ketones is 1. The van der Waals surface area contributed by atoms with Crippen LogP contribution in [0, 0.1) is 19.8 Å². The van der Waals surface area contributed by atoms with Crippen LogP contribution in [0.4, 0.5) is 0 Å². The normalized spacial score (nSPS) is 15.3. The Morgan fingerprint density at radius 2 is 2.07 bits per heavy atom. The molecule has 1 aliphatic carbocycles. The number of benzene rings is 1. The Balaban J connectivity index is 2.02. The van der Waals surface area contributed by atoms with Crippen LogP contribution in [0.25, 0.3) is 0 Å². The Morgan fingerprint density at radius 3 is 2.73 bits per heavy atom. The van der Waals surface area contributed by atoms with Gasteiger partial charge < -0.3 is 0 Å². The van der Waals surface area contributed by atoms with E-state index >= 15 is 0 Å². The minimum absolute atomic E-state index is 0.409. The first-order chi connectivity index (χ1) is 7.16. The summed E-state index contributed by atoms with van der Waals surface area (Å²) >= 11 is 0. The third-order valence-corrected chi connectivity index (χ3v) is 3.32. The first-order valence-corrected chi connectivity index (χ1v) is 5.73. The van der Waals surface area contributed by atoms with Crippen LogP contribution in [0.1, 0.15) is 36.0 Å². The zero-order valence-electron chi connectivity index (χ0n) is 9.55. The van der Waals surface area contributed by atoms with Crippen LogP contribution in [0.5, 0.6) is 0 Å². The van der Waals surface area contributed by atoms with Crippen molar-refractivity contribution < 1.29 is 4.79 Å². The minimum atomic E-state index is 0.409. The second-order valence-electron chi connectivity index (χ2n) is 4.72. The van der Waals surface area contributed by atoms with E-state index in [2.05, 4.69) is 26.0 Å². The van der Waals surface area contributed by atoms with Gasteiger partial charge in [-0.2, -0.15) is 0 Å². The van der Waals surface area contributed by atoms with E-state index in [1.807, 2.05) is 6.07 Å². The zero-order chi connectivity index (χ0) is 10.8. The number of rotatable bonds is 4. The molecule has 0 aromatic heterocycles. The lowest BCUT2D eigenvalue weighted by atomic mass is 9.98. The summed E-state index contributed by atoms with van der Waals surface area (Å²) in [6, 6.07) is 6.22. The molecule has 1 aromatic carbocycles. The lowest BCUT2D eigenvalue weighted by molar-refractivity contribution is -0.118. The van der Waals surface area contributed by atoms with E-state index in [0.717, 1.165) is 6.42 Å². The predicted molar refractivity (Wildman–Crippen MR) is 62.0 cm³/mol. The van der Waals surface area contributed by atoms with Crippen LogP contribution in [0.15, 0.2) is 18.2 Å². The fourth-order valence-electron chi connectivity index (χ4n) is 1.93. The van der Waals surface area contributed by atoms with Gasteiger partial charge in [-0.15, -0.1) is 0 Å². The Bertz CT molecular complexity index is 375. The van der Waals surface area contributed by atoms with E-state index in [1.54, 1.807) is 0 Å². The lowest BCUT2D eigenvalue weighted by Gasteiger charge is -2.07.